The number of Topliss-reactive ketones (excluding diaryl/α,β-unsaturated/α-hetero) is 2. The van der Waals surface area contributed by atoms with E-state index in [0.29, 0.717) is 59.5 Å². The molecule has 160 valence electrons. The summed E-state index contributed by atoms with van der Waals surface area (Å²) >= 11 is 12.1. The number of amides is 1. The number of rotatable bonds is 6. The molecule has 3 rings (SSSR count). The van der Waals surface area contributed by atoms with Crippen molar-refractivity contribution in [2.24, 2.45) is 0 Å². The minimum atomic E-state index is -0.137. The van der Waals surface area contributed by atoms with Crippen molar-refractivity contribution in [1.29, 1.82) is 0 Å². The largest absolute Gasteiger partial charge is 0.355 e. The van der Waals surface area contributed by atoms with Crippen LogP contribution in [0.1, 0.15) is 56.3 Å². The zero-order chi connectivity index (χ0) is 22.0. The second kappa shape index (κ2) is 9.33. The first-order valence-electron chi connectivity index (χ1n) is 9.95. The van der Waals surface area contributed by atoms with Gasteiger partial charge in [-0.1, -0.05) is 30.1 Å². The Hall–Kier alpha value is -2.15. The van der Waals surface area contributed by atoms with Crippen LogP contribution in [-0.4, -0.2) is 65.0 Å². The standard InChI is InChI=1S/C22H25Cl2N3O3/c1-4-16-20(14(3)28)13(2)25-21(16)19(29)12-26-7-9-27(10-8-26)22(30)17-6-5-15(23)11-18(17)24/h5-6,11,25H,4,7-10,12H2,1-3H3. The Balaban J connectivity index is 1.64. The molecule has 0 radical (unpaired) electrons. The molecule has 1 aliphatic rings. The maximum atomic E-state index is 12.9. The maximum absolute atomic E-state index is 12.9. The van der Waals surface area contributed by atoms with Crippen molar-refractivity contribution in [3.05, 3.63) is 56.3 Å². The SMILES string of the molecule is CCc1c(C(=O)CN2CCN(C(=O)c3ccc(Cl)cc3Cl)CC2)[nH]c(C)c1C(C)=O. The van der Waals surface area contributed by atoms with E-state index in [1.807, 2.05) is 18.7 Å². The van der Waals surface area contributed by atoms with Crippen LogP contribution in [0.2, 0.25) is 10.0 Å². The first kappa shape index (κ1) is 22.5. The van der Waals surface area contributed by atoms with Gasteiger partial charge in [-0.25, -0.2) is 0 Å². The van der Waals surface area contributed by atoms with E-state index in [1.54, 1.807) is 23.1 Å². The topological polar surface area (TPSA) is 73.5 Å². The number of halogens is 2. The smallest absolute Gasteiger partial charge is 0.255 e. The Morgan fingerprint density at radius 2 is 1.77 bits per heavy atom. The number of aryl methyl sites for hydroxylation is 1. The van der Waals surface area contributed by atoms with Gasteiger partial charge >= 0.3 is 0 Å². The number of carbonyl (C=O) groups is 3. The number of benzene rings is 1. The molecule has 1 amide bonds. The Kier molecular flexibility index (Phi) is 7.01. The zero-order valence-electron chi connectivity index (χ0n) is 17.3. The van der Waals surface area contributed by atoms with Crippen molar-refractivity contribution >= 4 is 40.7 Å². The van der Waals surface area contributed by atoms with Crippen LogP contribution in [0.5, 0.6) is 0 Å². The average molecular weight is 450 g/mol. The van der Waals surface area contributed by atoms with E-state index < -0.39 is 0 Å². The predicted molar refractivity (Wildman–Crippen MR) is 118 cm³/mol. The molecule has 0 atom stereocenters. The van der Waals surface area contributed by atoms with Crippen LogP contribution in [0.3, 0.4) is 0 Å². The fraction of sp³-hybridized carbons (Fsp3) is 0.409. The first-order valence-corrected chi connectivity index (χ1v) is 10.7. The van der Waals surface area contributed by atoms with Crippen LogP contribution in [0.15, 0.2) is 18.2 Å². The van der Waals surface area contributed by atoms with Gasteiger partial charge in [-0.05, 0) is 44.0 Å². The minimum absolute atomic E-state index is 0.0346. The molecule has 1 saturated heterocycles. The number of aromatic amines is 1. The van der Waals surface area contributed by atoms with Crippen molar-refractivity contribution < 1.29 is 14.4 Å². The fourth-order valence-corrected chi connectivity index (χ4v) is 4.46. The lowest BCUT2D eigenvalue weighted by atomic mass is 10.0. The van der Waals surface area contributed by atoms with Crippen molar-refractivity contribution in [1.82, 2.24) is 14.8 Å². The van der Waals surface area contributed by atoms with Crippen molar-refractivity contribution in [2.75, 3.05) is 32.7 Å². The van der Waals surface area contributed by atoms with E-state index >= 15 is 0 Å². The van der Waals surface area contributed by atoms with E-state index in [9.17, 15) is 14.4 Å². The molecule has 0 saturated carbocycles. The number of H-pyrrole nitrogens is 1. The van der Waals surface area contributed by atoms with Gasteiger partial charge in [0, 0.05) is 42.5 Å². The monoisotopic (exact) mass is 449 g/mol. The van der Waals surface area contributed by atoms with E-state index in [2.05, 4.69) is 4.98 Å². The Labute approximate surface area is 186 Å². The second-order valence-electron chi connectivity index (χ2n) is 7.50. The molecule has 1 aromatic heterocycles. The normalized spacial score (nSPS) is 14.8. The highest BCUT2D eigenvalue weighted by atomic mass is 35.5. The average Bonchev–Trinajstić information content (AvgIpc) is 3.04. The number of nitrogens with one attached hydrogen (secondary N) is 1. The fourth-order valence-electron chi connectivity index (χ4n) is 3.97. The highest BCUT2D eigenvalue weighted by molar-refractivity contribution is 6.36. The third kappa shape index (κ3) is 4.61. The number of hydrogen-bond acceptors (Lipinski definition) is 4. The van der Waals surface area contributed by atoms with Gasteiger partial charge in [0.25, 0.3) is 5.91 Å². The molecular weight excluding hydrogens is 425 g/mol. The quantitative estimate of drug-likeness (QED) is 0.675. The van der Waals surface area contributed by atoms with Gasteiger partial charge in [0.2, 0.25) is 0 Å². The number of piperazine rings is 1. The van der Waals surface area contributed by atoms with Gasteiger partial charge in [-0.2, -0.15) is 0 Å². The van der Waals surface area contributed by atoms with E-state index in [1.165, 1.54) is 6.92 Å². The molecular formula is C22H25Cl2N3O3. The molecule has 6 nitrogen and oxygen atoms in total. The van der Waals surface area contributed by atoms with Crippen LogP contribution in [0, 0.1) is 6.92 Å². The number of ketones is 2. The molecule has 1 fully saturated rings. The first-order chi connectivity index (χ1) is 14.2. The van der Waals surface area contributed by atoms with Crippen LogP contribution >= 0.6 is 23.2 Å². The van der Waals surface area contributed by atoms with E-state index in [0.717, 1.165) is 11.3 Å². The Bertz CT molecular complexity index is 992. The molecule has 0 unspecified atom stereocenters. The van der Waals surface area contributed by atoms with Crippen LogP contribution < -0.4 is 0 Å². The lowest BCUT2D eigenvalue weighted by Gasteiger charge is -2.34. The summed E-state index contributed by atoms with van der Waals surface area (Å²) in [5.74, 6) is -0.211. The van der Waals surface area contributed by atoms with Gasteiger partial charge < -0.3 is 9.88 Å². The molecule has 0 aliphatic carbocycles. The van der Waals surface area contributed by atoms with Crippen LogP contribution in [0.4, 0.5) is 0 Å². The van der Waals surface area contributed by atoms with Crippen molar-refractivity contribution in [2.45, 2.75) is 27.2 Å². The molecule has 8 heteroatoms. The Morgan fingerprint density at radius 1 is 1.10 bits per heavy atom. The molecule has 0 bridgehead atoms. The lowest BCUT2D eigenvalue weighted by Crippen LogP contribution is -2.50. The molecule has 2 aromatic rings. The summed E-state index contributed by atoms with van der Waals surface area (Å²) in [7, 11) is 0. The van der Waals surface area contributed by atoms with Crippen LogP contribution in [0.25, 0.3) is 0 Å². The highest BCUT2D eigenvalue weighted by Gasteiger charge is 2.27. The van der Waals surface area contributed by atoms with Gasteiger partial charge in [-0.15, -0.1) is 0 Å². The summed E-state index contributed by atoms with van der Waals surface area (Å²) in [6, 6.07) is 4.84. The molecule has 0 spiro atoms. The summed E-state index contributed by atoms with van der Waals surface area (Å²) in [4.78, 5) is 44.5. The second-order valence-corrected chi connectivity index (χ2v) is 8.35. The van der Waals surface area contributed by atoms with Gasteiger partial charge in [0.05, 0.1) is 22.8 Å². The summed E-state index contributed by atoms with van der Waals surface area (Å²) in [5.41, 5.74) is 3.09. The Morgan fingerprint density at radius 3 is 2.33 bits per heavy atom. The molecule has 1 aromatic carbocycles. The molecule has 2 heterocycles. The lowest BCUT2D eigenvalue weighted by molar-refractivity contribution is 0.0623. The summed E-state index contributed by atoms with van der Waals surface area (Å²) in [6.45, 7) is 7.72. The van der Waals surface area contributed by atoms with Gasteiger partial charge in [0.15, 0.2) is 11.6 Å². The third-order valence-electron chi connectivity index (χ3n) is 5.46. The number of hydrogen-bond donors (Lipinski definition) is 1. The number of nitrogens with zero attached hydrogens (tertiary/aromatic N) is 2. The summed E-state index contributed by atoms with van der Waals surface area (Å²) in [5, 5.41) is 0.819. The third-order valence-corrected chi connectivity index (χ3v) is 6.01. The highest BCUT2D eigenvalue weighted by Crippen LogP contribution is 2.24. The van der Waals surface area contributed by atoms with E-state index in [-0.39, 0.29) is 24.0 Å². The van der Waals surface area contributed by atoms with Crippen molar-refractivity contribution in [3.8, 4) is 0 Å². The van der Waals surface area contributed by atoms with Gasteiger partial charge in [-0.3, -0.25) is 19.3 Å². The summed E-state index contributed by atoms with van der Waals surface area (Å²) < 4.78 is 0. The number of carbonyl (C=O) groups excluding carboxylic acids is 3. The van der Waals surface area contributed by atoms with E-state index in [4.69, 9.17) is 23.2 Å². The number of aromatic nitrogens is 1. The molecule has 1 N–H and O–H groups in total. The van der Waals surface area contributed by atoms with Crippen molar-refractivity contribution in [3.63, 3.8) is 0 Å². The molecule has 30 heavy (non-hydrogen) atoms. The summed E-state index contributed by atoms with van der Waals surface area (Å²) in [6.07, 6.45) is 0.616. The maximum Gasteiger partial charge on any atom is 0.255 e. The minimum Gasteiger partial charge on any atom is -0.355 e. The molecule has 1 aliphatic heterocycles. The predicted octanol–water partition coefficient (Wildman–Crippen LogP) is 4.04. The zero-order valence-corrected chi connectivity index (χ0v) is 18.9. The van der Waals surface area contributed by atoms with Crippen LogP contribution in [-0.2, 0) is 6.42 Å². The van der Waals surface area contributed by atoms with Gasteiger partial charge in [0.1, 0.15) is 0 Å².